The number of para-hydroxylation sites is 1. The van der Waals surface area contributed by atoms with Gasteiger partial charge in [0.25, 0.3) is 17.2 Å². The Hall–Kier alpha value is -3.53. The number of carbonyl (C=O) groups is 1. The molecule has 0 saturated heterocycles. The van der Waals surface area contributed by atoms with Crippen molar-refractivity contribution in [2.45, 2.75) is 18.6 Å². The molecular weight excluding hydrogens is 394 g/mol. The van der Waals surface area contributed by atoms with E-state index in [2.05, 4.69) is 15.5 Å². The Morgan fingerprint density at radius 2 is 2.00 bits per heavy atom. The summed E-state index contributed by atoms with van der Waals surface area (Å²) < 4.78 is 1.53. The van der Waals surface area contributed by atoms with Gasteiger partial charge in [-0.3, -0.25) is 24.3 Å². The van der Waals surface area contributed by atoms with Crippen molar-refractivity contribution in [3.63, 3.8) is 0 Å². The van der Waals surface area contributed by atoms with E-state index in [0.29, 0.717) is 28.2 Å². The molecule has 1 heterocycles. The first kappa shape index (κ1) is 20.2. The molecule has 0 saturated carbocycles. The van der Waals surface area contributed by atoms with Crippen LogP contribution < -0.4 is 11.0 Å². The molecule has 0 atom stereocenters. The normalized spacial score (nSPS) is 11.1. The molecule has 10 heteroatoms. The van der Waals surface area contributed by atoms with Crippen LogP contribution in [0.2, 0.25) is 0 Å². The van der Waals surface area contributed by atoms with Crippen LogP contribution in [0.25, 0.3) is 10.9 Å². The molecular formula is C19H17N5O4S. The Morgan fingerprint density at radius 1 is 1.28 bits per heavy atom. The molecule has 0 aliphatic carbocycles. The van der Waals surface area contributed by atoms with Crippen molar-refractivity contribution in [2.75, 3.05) is 5.75 Å². The Labute approximate surface area is 169 Å². The summed E-state index contributed by atoms with van der Waals surface area (Å²) in [6.07, 6.45) is 1.39. The number of amides is 1. The topological polar surface area (TPSA) is 119 Å². The number of fused-ring (bicyclic) bond motifs is 1. The van der Waals surface area contributed by atoms with Crippen LogP contribution in [0.1, 0.15) is 12.5 Å². The molecule has 148 valence electrons. The minimum absolute atomic E-state index is 0.0209. The molecule has 0 spiro atoms. The number of nitrogens with zero attached hydrogens (tertiary/aromatic N) is 4. The van der Waals surface area contributed by atoms with Gasteiger partial charge in [0.05, 0.1) is 27.8 Å². The van der Waals surface area contributed by atoms with Gasteiger partial charge in [-0.05, 0) is 36.8 Å². The van der Waals surface area contributed by atoms with E-state index in [1.165, 1.54) is 35.0 Å². The number of hydrogen-bond donors (Lipinski definition) is 1. The number of aromatic nitrogens is 2. The number of carbonyl (C=O) groups excluding carboxylic acids is 1. The van der Waals surface area contributed by atoms with Crippen molar-refractivity contribution in [3.05, 3.63) is 74.6 Å². The largest absolute Gasteiger partial charge is 0.287 e. The summed E-state index contributed by atoms with van der Waals surface area (Å²) in [5.74, 6) is -0.333. The maximum absolute atomic E-state index is 12.6. The molecule has 0 aliphatic heterocycles. The molecule has 29 heavy (non-hydrogen) atoms. The third kappa shape index (κ3) is 4.85. The smallest absolute Gasteiger partial charge is 0.269 e. The summed E-state index contributed by atoms with van der Waals surface area (Å²) in [6, 6.07) is 12.8. The average molecular weight is 411 g/mol. The van der Waals surface area contributed by atoms with Crippen molar-refractivity contribution in [1.82, 2.24) is 15.0 Å². The SMILES string of the molecule is CCn1c(SCC(=O)N/N=C/c2ccc([N+](=O)[O-])cc2)nc2ccccc2c1=O. The number of benzene rings is 2. The first-order valence-corrected chi connectivity index (χ1v) is 9.67. The highest BCUT2D eigenvalue weighted by atomic mass is 32.2. The Bertz CT molecular complexity index is 1140. The van der Waals surface area contributed by atoms with Crippen LogP contribution in [0.4, 0.5) is 5.69 Å². The quantitative estimate of drug-likeness (QED) is 0.210. The maximum Gasteiger partial charge on any atom is 0.269 e. The van der Waals surface area contributed by atoms with E-state index in [-0.39, 0.29) is 22.9 Å². The number of hydrazone groups is 1. The van der Waals surface area contributed by atoms with Gasteiger partial charge in [-0.2, -0.15) is 5.10 Å². The lowest BCUT2D eigenvalue weighted by molar-refractivity contribution is -0.384. The second kappa shape index (κ2) is 9.11. The molecule has 0 radical (unpaired) electrons. The lowest BCUT2D eigenvalue weighted by Gasteiger charge is -2.10. The average Bonchev–Trinajstić information content (AvgIpc) is 2.73. The predicted octanol–water partition coefficient (Wildman–Crippen LogP) is 2.57. The van der Waals surface area contributed by atoms with Crippen molar-refractivity contribution in [3.8, 4) is 0 Å². The van der Waals surface area contributed by atoms with E-state index in [9.17, 15) is 19.7 Å². The van der Waals surface area contributed by atoms with Crippen LogP contribution in [-0.4, -0.2) is 32.3 Å². The van der Waals surface area contributed by atoms with Crippen LogP contribution in [-0.2, 0) is 11.3 Å². The van der Waals surface area contributed by atoms with E-state index in [1.54, 1.807) is 24.3 Å². The molecule has 0 aliphatic rings. The zero-order valence-electron chi connectivity index (χ0n) is 15.4. The van der Waals surface area contributed by atoms with E-state index < -0.39 is 4.92 Å². The number of rotatable bonds is 7. The number of nitro benzene ring substituents is 1. The van der Waals surface area contributed by atoms with Crippen molar-refractivity contribution >= 4 is 40.5 Å². The summed E-state index contributed by atoms with van der Waals surface area (Å²) in [5.41, 5.74) is 3.42. The van der Waals surface area contributed by atoms with Crippen molar-refractivity contribution < 1.29 is 9.72 Å². The summed E-state index contributed by atoms with van der Waals surface area (Å²) in [7, 11) is 0. The molecule has 2 aromatic carbocycles. The van der Waals surface area contributed by atoms with Gasteiger partial charge in [-0.25, -0.2) is 10.4 Å². The highest BCUT2D eigenvalue weighted by Gasteiger charge is 2.12. The number of non-ortho nitro benzene ring substituents is 1. The molecule has 0 unspecified atom stereocenters. The third-order valence-corrected chi connectivity index (χ3v) is 4.96. The molecule has 3 rings (SSSR count). The van der Waals surface area contributed by atoms with Gasteiger partial charge in [0.15, 0.2) is 5.16 Å². The van der Waals surface area contributed by atoms with Gasteiger partial charge >= 0.3 is 0 Å². The molecule has 1 amide bonds. The summed E-state index contributed by atoms with van der Waals surface area (Å²) >= 11 is 1.15. The van der Waals surface area contributed by atoms with E-state index in [0.717, 1.165) is 11.8 Å². The molecule has 0 fully saturated rings. The number of nitrogens with one attached hydrogen (secondary N) is 1. The fourth-order valence-electron chi connectivity index (χ4n) is 2.56. The highest BCUT2D eigenvalue weighted by Crippen LogP contribution is 2.17. The van der Waals surface area contributed by atoms with Gasteiger partial charge in [0.1, 0.15) is 0 Å². The summed E-state index contributed by atoms with van der Waals surface area (Å²) in [5, 5.41) is 15.5. The zero-order valence-corrected chi connectivity index (χ0v) is 16.3. The number of thioether (sulfide) groups is 1. The van der Waals surface area contributed by atoms with Crippen molar-refractivity contribution in [1.29, 1.82) is 0 Å². The fraction of sp³-hybridized carbons (Fsp3) is 0.158. The standard InChI is InChI=1S/C19H17N5O4S/c1-2-23-18(26)15-5-3-4-6-16(15)21-19(23)29-12-17(25)22-20-11-13-7-9-14(10-8-13)24(27)28/h3-11H,2,12H2,1H3,(H,22,25)/b20-11+. The number of hydrogen-bond acceptors (Lipinski definition) is 7. The van der Waals surface area contributed by atoms with E-state index in [1.807, 2.05) is 6.92 Å². The van der Waals surface area contributed by atoms with E-state index in [4.69, 9.17) is 0 Å². The molecule has 9 nitrogen and oxygen atoms in total. The second-order valence-electron chi connectivity index (χ2n) is 5.89. The van der Waals surface area contributed by atoms with Gasteiger partial charge in [-0.15, -0.1) is 0 Å². The van der Waals surface area contributed by atoms with E-state index >= 15 is 0 Å². The lowest BCUT2D eigenvalue weighted by atomic mass is 10.2. The molecule has 1 aromatic heterocycles. The Kier molecular flexibility index (Phi) is 6.35. The Balaban J connectivity index is 1.63. The number of nitro groups is 1. The van der Waals surface area contributed by atoms with Crippen LogP contribution >= 0.6 is 11.8 Å². The predicted molar refractivity (Wildman–Crippen MR) is 111 cm³/mol. The highest BCUT2D eigenvalue weighted by molar-refractivity contribution is 7.99. The summed E-state index contributed by atoms with van der Waals surface area (Å²) in [6.45, 7) is 2.29. The van der Waals surface area contributed by atoms with Crippen LogP contribution in [0.3, 0.4) is 0 Å². The zero-order chi connectivity index (χ0) is 20.8. The van der Waals surface area contributed by atoms with Gasteiger partial charge in [0.2, 0.25) is 0 Å². The lowest BCUT2D eigenvalue weighted by Crippen LogP contribution is -2.24. The van der Waals surface area contributed by atoms with Crippen LogP contribution in [0.15, 0.2) is 63.6 Å². The first-order valence-electron chi connectivity index (χ1n) is 8.68. The maximum atomic E-state index is 12.6. The third-order valence-electron chi connectivity index (χ3n) is 3.98. The van der Waals surface area contributed by atoms with Crippen LogP contribution in [0, 0.1) is 10.1 Å². The summed E-state index contributed by atoms with van der Waals surface area (Å²) in [4.78, 5) is 39.2. The second-order valence-corrected chi connectivity index (χ2v) is 6.83. The van der Waals surface area contributed by atoms with Crippen molar-refractivity contribution in [2.24, 2.45) is 5.10 Å². The van der Waals surface area contributed by atoms with Crippen LogP contribution in [0.5, 0.6) is 0 Å². The molecule has 1 N–H and O–H groups in total. The van der Waals surface area contributed by atoms with Gasteiger partial charge < -0.3 is 0 Å². The molecule has 0 bridgehead atoms. The minimum atomic E-state index is -0.489. The Morgan fingerprint density at radius 3 is 2.69 bits per heavy atom. The van der Waals surface area contributed by atoms with Gasteiger partial charge in [0, 0.05) is 18.7 Å². The molecule has 3 aromatic rings. The fourth-order valence-corrected chi connectivity index (χ4v) is 3.42. The van der Waals surface area contributed by atoms with Gasteiger partial charge in [-0.1, -0.05) is 23.9 Å². The first-order chi connectivity index (χ1) is 14.0. The monoisotopic (exact) mass is 411 g/mol. The minimum Gasteiger partial charge on any atom is -0.287 e.